The van der Waals surface area contributed by atoms with E-state index in [1.807, 2.05) is 30.3 Å². The van der Waals surface area contributed by atoms with Gasteiger partial charge in [0, 0.05) is 30.2 Å². The van der Waals surface area contributed by atoms with Crippen molar-refractivity contribution >= 4 is 57.6 Å². The number of benzene rings is 3. The fourth-order valence-corrected chi connectivity index (χ4v) is 7.34. The van der Waals surface area contributed by atoms with Crippen molar-refractivity contribution in [2.45, 2.75) is 56.6 Å². The molecule has 3 aromatic carbocycles. The predicted octanol–water partition coefficient (Wildman–Crippen LogP) is 6.54. The summed E-state index contributed by atoms with van der Waals surface area (Å²) in [6.45, 7) is 7.11. The Bertz CT molecular complexity index is 1430. The first kappa shape index (κ1) is 27.5. The number of rotatable bonds is 5. The van der Waals surface area contributed by atoms with E-state index in [4.69, 9.17) is 11.6 Å². The Morgan fingerprint density at radius 3 is 2.54 bits per heavy atom. The number of nitrogens with zero attached hydrogens (tertiary/aromatic N) is 2. The van der Waals surface area contributed by atoms with Crippen LogP contribution in [0.4, 0.5) is 5.69 Å². The molecule has 2 aliphatic heterocycles. The minimum atomic E-state index is -0.995. The number of carbonyl (C=O) groups excluding carboxylic acids is 2. The number of thioether (sulfide) groups is 1. The van der Waals surface area contributed by atoms with Gasteiger partial charge in [-0.2, -0.15) is 0 Å². The molecule has 6 nitrogen and oxygen atoms in total. The zero-order valence-corrected chi connectivity index (χ0v) is 24.0. The van der Waals surface area contributed by atoms with Gasteiger partial charge < -0.3 is 14.9 Å². The third-order valence-corrected chi connectivity index (χ3v) is 9.07. The number of amides is 2. The monoisotopic (exact) mass is 564 g/mol. The van der Waals surface area contributed by atoms with Gasteiger partial charge in [-0.1, -0.05) is 74.8 Å². The van der Waals surface area contributed by atoms with Crippen molar-refractivity contribution in [3.63, 3.8) is 0 Å². The van der Waals surface area contributed by atoms with E-state index in [1.165, 1.54) is 16.7 Å². The number of halogens is 1. The van der Waals surface area contributed by atoms with Crippen LogP contribution in [0.25, 0.3) is 10.8 Å². The minimum absolute atomic E-state index is 0.0586. The van der Waals surface area contributed by atoms with Crippen molar-refractivity contribution < 1.29 is 19.5 Å². The second kappa shape index (κ2) is 10.9. The first-order valence-electron chi connectivity index (χ1n) is 13.3. The van der Waals surface area contributed by atoms with Crippen molar-refractivity contribution in [2.24, 2.45) is 5.41 Å². The molecule has 2 heterocycles. The second-order valence-corrected chi connectivity index (χ2v) is 13.3. The first-order valence-corrected chi connectivity index (χ1v) is 14.6. The van der Waals surface area contributed by atoms with Gasteiger partial charge >= 0.3 is 5.97 Å². The Hall–Kier alpha value is -3.03. The SMILES string of the molecule is CC(C)(C)CN1C(=O)C(CC(=O)N2CCC[C@@H]2C(=O)O)SC(c2cccc3ccccc23)c2cc(Cl)ccc21. The fraction of sp³-hybridized carbons (Fsp3) is 0.387. The lowest BCUT2D eigenvalue weighted by Crippen LogP contribution is -2.45. The summed E-state index contributed by atoms with van der Waals surface area (Å²) in [5.41, 5.74) is 2.58. The summed E-state index contributed by atoms with van der Waals surface area (Å²) in [6, 6.07) is 19.1. The number of carboxylic acids is 1. The lowest BCUT2D eigenvalue weighted by Gasteiger charge is -2.32. The van der Waals surface area contributed by atoms with E-state index in [0.29, 0.717) is 31.0 Å². The van der Waals surface area contributed by atoms with Crippen molar-refractivity contribution in [3.05, 3.63) is 76.8 Å². The van der Waals surface area contributed by atoms with Crippen molar-refractivity contribution in [3.8, 4) is 0 Å². The van der Waals surface area contributed by atoms with Crippen LogP contribution >= 0.6 is 23.4 Å². The van der Waals surface area contributed by atoms with Crippen molar-refractivity contribution in [1.29, 1.82) is 0 Å². The molecule has 2 aliphatic rings. The number of carboxylic acid groups (broad SMARTS) is 1. The van der Waals surface area contributed by atoms with E-state index < -0.39 is 17.3 Å². The summed E-state index contributed by atoms with van der Waals surface area (Å²) in [4.78, 5) is 42.8. The zero-order valence-electron chi connectivity index (χ0n) is 22.4. The molecule has 1 fully saturated rings. The van der Waals surface area contributed by atoms with Gasteiger partial charge in [-0.05, 0) is 58.4 Å². The third-order valence-electron chi connectivity index (χ3n) is 7.36. The molecule has 8 heteroatoms. The van der Waals surface area contributed by atoms with E-state index in [1.54, 1.807) is 11.0 Å². The van der Waals surface area contributed by atoms with Crippen LogP contribution in [-0.4, -0.2) is 52.2 Å². The van der Waals surface area contributed by atoms with Gasteiger partial charge in [0.25, 0.3) is 0 Å². The Morgan fingerprint density at radius 2 is 1.79 bits per heavy atom. The molecule has 0 aromatic heterocycles. The highest BCUT2D eigenvalue weighted by atomic mass is 35.5. The number of fused-ring (bicyclic) bond motifs is 2. The Labute approximate surface area is 238 Å². The number of carbonyl (C=O) groups is 3. The quantitative estimate of drug-likeness (QED) is 0.380. The Kier molecular flexibility index (Phi) is 7.66. The molecule has 3 atom stereocenters. The molecule has 0 radical (unpaired) electrons. The first-order chi connectivity index (χ1) is 18.5. The van der Waals surface area contributed by atoms with Crippen LogP contribution in [0.2, 0.25) is 5.02 Å². The molecule has 1 saturated heterocycles. The molecule has 3 aromatic rings. The lowest BCUT2D eigenvalue weighted by atomic mass is 9.93. The number of anilines is 1. The van der Waals surface area contributed by atoms with Gasteiger partial charge in [-0.25, -0.2) is 4.79 Å². The standard InChI is InChI=1S/C31H33ClN2O4S/c1-31(2,3)18-34-24-14-13-20(32)16-23(24)28(22-11-6-9-19-8-4-5-10-21(19)22)39-26(29(34)36)17-27(35)33-15-7-12-25(33)30(37)38/h4-6,8-11,13-14,16,25-26,28H,7,12,15,17-18H2,1-3H3,(H,37,38)/t25-,26?,28?/m1/s1. The second-order valence-electron chi connectivity index (χ2n) is 11.5. The topological polar surface area (TPSA) is 77.9 Å². The van der Waals surface area contributed by atoms with E-state index in [2.05, 4.69) is 45.0 Å². The zero-order chi connectivity index (χ0) is 27.9. The van der Waals surface area contributed by atoms with E-state index >= 15 is 0 Å². The highest BCUT2D eigenvalue weighted by Crippen LogP contribution is 2.49. The van der Waals surface area contributed by atoms with Crippen LogP contribution < -0.4 is 4.90 Å². The largest absolute Gasteiger partial charge is 0.480 e. The van der Waals surface area contributed by atoms with E-state index in [0.717, 1.165) is 27.6 Å². The smallest absolute Gasteiger partial charge is 0.326 e. The van der Waals surface area contributed by atoms with E-state index in [9.17, 15) is 19.5 Å². The Morgan fingerprint density at radius 1 is 1.05 bits per heavy atom. The molecule has 2 unspecified atom stereocenters. The van der Waals surface area contributed by atoms with Gasteiger partial charge in [0.15, 0.2) is 0 Å². The highest BCUT2D eigenvalue weighted by Gasteiger charge is 2.41. The maximum absolute atomic E-state index is 14.3. The van der Waals surface area contributed by atoms with Crippen molar-refractivity contribution in [1.82, 2.24) is 4.90 Å². The van der Waals surface area contributed by atoms with Gasteiger partial charge in [-0.15, -0.1) is 11.8 Å². The average Bonchev–Trinajstić information content (AvgIpc) is 3.36. The van der Waals surface area contributed by atoms with Crippen molar-refractivity contribution in [2.75, 3.05) is 18.0 Å². The Balaban J connectivity index is 1.63. The summed E-state index contributed by atoms with van der Waals surface area (Å²) in [7, 11) is 0. The summed E-state index contributed by atoms with van der Waals surface area (Å²) in [5, 5.41) is 11.5. The maximum atomic E-state index is 14.3. The van der Waals surface area contributed by atoms with Crippen LogP contribution in [0, 0.1) is 5.41 Å². The number of hydrogen-bond acceptors (Lipinski definition) is 4. The van der Waals surface area contributed by atoms with Crippen LogP contribution in [0.5, 0.6) is 0 Å². The lowest BCUT2D eigenvalue weighted by molar-refractivity contribution is -0.148. The van der Waals surface area contributed by atoms with Crippen LogP contribution in [0.3, 0.4) is 0 Å². The summed E-state index contributed by atoms with van der Waals surface area (Å²) < 4.78 is 0. The molecule has 5 rings (SSSR count). The molecule has 0 aliphatic carbocycles. The number of hydrogen-bond donors (Lipinski definition) is 1. The van der Waals surface area contributed by atoms with Crippen LogP contribution in [-0.2, 0) is 14.4 Å². The minimum Gasteiger partial charge on any atom is -0.480 e. The predicted molar refractivity (Wildman–Crippen MR) is 157 cm³/mol. The normalized spacial score (nSPS) is 21.6. The van der Waals surface area contributed by atoms with Crippen LogP contribution in [0.15, 0.2) is 60.7 Å². The highest BCUT2D eigenvalue weighted by molar-refractivity contribution is 8.01. The number of likely N-dealkylation sites (tertiary alicyclic amines) is 1. The van der Waals surface area contributed by atoms with Gasteiger partial charge in [0.05, 0.1) is 10.5 Å². The molecule has 0 saturated carbocycles. The fourth-order valence-electron chi connectivity index (χ4n) is 5.66. The summed E-state index contributed by atoms with van der Waals surface area (Å²) in [6.07, 6.45) is 1.02. The molecule has 0 bridgehead atoms. The van der Waals surface area contributed by atoms with Gasteiger partial charge in [0.1, 0.15) is 6.04 Å². The average molecular weight is 565 g/mol. The third kappa shape index (κ3) is 5.66. The molecule has 1 N–H and O–H groups in total. The van der Waals surface area contributed by atoms with Gasteiger partial charge in [0.2, 0.25) is 11.8 Å². The number of aliphatic carboxylic acids is 1. The summed E-state index contributed by atoms with van der Waals surface area (Å²) in [5.74, 6) is -1.42. The maximum Gasteiger partial charge on any atom is 0.326 e. The van der Waals surface area contributed by atoms with Gasteiger partial charge in [-0.3, -0.25) is 9.59 Å². The molecule has 39 heavy (non-hydrogen) atoms. The van der Waals surface area contributed by atoms with Crippen LogP contribution in [0.1, 0.15) is 56.4 Å². The molecular formula is C31H33ClN2O4S. The molecule has 204 valence electrons. The summed E-state index contributed by atoms with van der Waals surface area (Å²) >= 11 is 8.00. The molecule has 0 spiro atoms. The molecular weight excluding hydrogens is 532 g/mol. The van der Waals surface area contributed by atoms with E-state index in [-0.39, 0.29) is 28.9 Å². The molecule has 2 amide bonds.